The molecule has 76 valence electrons. The Kier molecular flexibility index (Phi) is 3.79. The van der Waals surface area contributed by atoms with E-state index >= 15 is 0 Å². The van der Waals surface area contributed by atoms with Gasteiger partial charge in [-0.2, -0.15) is 0 Å². The molecule has 5 heteroatoms. The lowest BCUT2D eigenvalue weighted by atomic mass is 10.2. The van der Waals surface area contributed by atoms with Crippen LogP contribution in [-0.2, 0) is 4.74 Å². The fraction of sp³-hybridized carbons (Fsp3) is 0.222. The first-order valence-corrected chi connectivity index (χ1v) is 5.19. The molecular formula is C9H12N2O2S. The van der Waals surface area contributed by atoms with E-state index in [2.05, 4.69) is 10.2 Å². The normalized spacial score (nSPS) is 9.64. The third-order valence-electron chi connectivity index (χ3n) is 1.78. The molecule has 0 aliphatic rings. The number of thioether (sulfide) groups is 1. The number of ether oxygens (including phenoxy) is 1. The molecule has 0 heterocycles. The van der Waals surface area contributed by atoms with E-state index in [0.717, 1.165) is 10.6 Å². The summed E-state index contributed by atoms with van der Waals surface area (Å²) in [6.07, 6.45) is 1.88. The van der Waals surface area contributed by atoms with Crippen molar-refractivity contribution in [3.05, 3.63) is 23.8 Å². The van der Waals surface area contributed by atoms with Crippen molar-refractivity contribution in [3.8, 4) is 0 Å². The van der Waals surface area contributed by atoms with E-state index in [0.29, 0.717) is 5.56 Å². The second kappa shape index (κ2) is 4.88. The Morgan fingerprint density at radius 3 is 2.79 bits per heavy atom. The molecule has 0 amide bonds. The monoisotopic (exact) mass is 212 g/mol. The summed E-state index contributed by atoms with van der Waals surface area (Å²) in [6, 6.07) is 5.26. The molecule has 1 aromatic carbocycles. The lowest BCUT2D eigenvalue weighted by Crippen LogP contribution is -2.10. The number of hydrogen-bond donors (Lipinski definition) is 2. The smallest absolute Gasteiger partial charge is 0.339 e. The zero-order valence-corrected chi connectivity index (χ0v) is 8.85. The van der Waals surface area contributed by atoms with E-state index in [9.17, 15) is 4.79 Å². The van der Waals surface area contributed by atoms with Crippen LogP contribution in [0.25, 0.3) is 0 Å². The fourth-order valence-electron chi connectivity index (χ4n) is 1.14. The van der Waals surface area contributed by atoms with Gasteiger partial charge in [-0.05, 0) is 18.4 Å². The molecule has 0 fully saturated rings. The molecule has 1 aromatic rings. The van der Waals surface area contributed by atoms with E-state index < -0.39 is 0 Å². The van der Waals surface area contributed by atoms with Crippen LogP contribution in [0.2, 0.25) is 0 Å². The second-order valence-electron chi connectivity index (χ2n) is 2.52. The number of nitrogens with one attached hydrogen (secondary N) is 1. The number of esters is 1. The summed E-state index contributed by atoms with van der Waals surface area (Å²) in [6.45, 7) is 0. The summed E-state index contributed by atoms with van der Waals surface area (Å²) in [5.74, 6) is 4.97. The van der Waals surface area contributed by atoms with Crippen LogP contribution >= 0.6 is 11.8 Å². The molecule has 0 aromatic heterocycles. The summed E-state index contributed by atoms with van der Waals surface area (Å²) in [5.41, 5.74) is 3.78. The quantitative estimate of drug-likeness (QED) is 0.344. The van der Waals surface area contributed by atoms with Gasteiger partial charge in [0, 0.05) is 4.90 Å². The van der Waals surface area contributed by atoms with Gasteiger partial charge >= 0.3 is 5.97 Å². The summed E-state index contributed by atoms with van der Waals surface area (Å²) in [5, 5.41) is 0. The standard InChI is InChI=1S/C9H12N2O2S/c1-13-9(12)6-4-3-5-7(11-10)8(6)14-2/h3-5,11H,10H2,1-2H3. The highest BCUT2D eigenvalue weighted by atomic mass is 32.2. The summed E-state index contributed by atoms with van der Waals surface area (Å²) < 4.78 is 4.66. The van der Waals surface area contributed by atoms with Crippen LogP contribution in [0.4, 0.5) is 5.69 Å². The van der Waals surface area contributed by atoms with Crippen molar-refractivity contribution in [3.63, 3.8) is 0 Å². The first-order chi connectivity index (χ1) is 6.74. The lowest BCUT2D eigenvalue weighted by molar-refractivity contribution is 0.0597. The fourth-order valence-corrected chi connectivity index (χ4v) is 1.86. The van der Waals surface area contributed by atoms with Crippen LogP contribution in [0.5, 0.6) is 0 Å². The van der Waals surface area contributed by atoms with E-state index in [4.69, 9.17) is 5.84 Å². The predicted octanol–water partition coefficient (Wildman–Crippen LogP) is 1.48. The van der Waals surface area contributed by atoms with Crippen LogP contribution in [0, 0.1) is 0 Å². The highest BCUT2D eigenvalue weighted by molar-refractivity contribution is 7.98. The molecule has 0 aliphatic carbocycles. The number of carbonyl (C=O) groups excluding carboxylic acids is 1. The lowest BCUT2D eigenvalue weighted by Gasteiger charge is -2.10. The van der Waals surface area contributed by atoms with Gasteiger partial charge in [0.05, 0.1) is 18.4 Å². The SMILES string of the molecule is COC(=O)c1cccc(NN)c1SC. The van der Waals surface area contributed by atoms with Gasteiger partial charge in [0.15, 0.2) is 0 Å². The molecule has 0 radical (unpaired) electrons. The molecule has 0 atom stereocenters. The topological polar surface area (TPSA) is 64.3 Å². The zero-order valence-electron chi connectivity index (χ0n) is 8.03. The van der Waals surface area contributed by atoms with Crippen molar-refractivity contribution in [2.45, 2.75) is 4.90 Å². The van der Waals surface area contributed by atoms with Crippen molar-refractivity contribution < 1.29 is 9.53 Å². The number of nitrogens with two attached hydrogens (primary N) is 1. The third-order valence-corrected chi connectivity index (χ3v) is 2.63. The maximum Gasteiger partial charge on any atom is 0.339 e. The molecule has 14 heavy (non-hydrogen) atoms. The molecule has 0 saturated heterocycles. The zero-order chi connectivity index (χ0) is 10.6. The van der Waals surface area contributed by atoms with Crippen molar-refractivity contribution in [1.82, 2.24) is 0 Å². The number of methoxy groups -OCH3 is 1. The van der Waals surface area contributed by atoms with E-state index in [1.54, 1.807) is 18.2 Å². The van der Waals surface area contributed by atoms with Crippen LogP contribution in [0.1, 0.15) is 10.4 Å². The molecule has 0 saturated carbocycles. The van der Waals surface area contributed by atoms with Gasteiger partial charge in [-0.25, -0.2) is 4.79 Å². The van der Waals surface area contributed by atoms with Gasteiger partial charge in [-0.15, -0.1) is 11.8 Å². The molecular weight excluding hydrogens is 200 g/mol. The highest BCUT2D eigenvalue weighted by Gasteiger charge is 2.13. The molecule has 0 bridgehead atoms. The molecule has 0 spiro atoms. The van der Waals surface area contributed by atoms with Crippen molar-refractivity contribution >= 4 is 23.4 Å². The van der Waals surface area contributed by atoms with Gasteiger partial charge in [0.2, 0.25) is 0 Å². The highest BCUT2D eigenvalue weighted by Crippen LogP contribution is 2.28. The third kappa shape index (κ3) is 2.00. The Morgan fingerprint density at radius 2 is 2.29 bits per heavy atom. The predicted molar refractivity (Wildman–Crippen MR) is 57.4 cm³/mol. The molecule has 0 aliphatic heterocycles. The molecule has 4 nitrogen and oxygen atoms in total. The Morgan fingerprint density at radius 1 is 1.57 bits per heavy atom. The average Bonchev–Trinajstić information content (AvgIpc) is 2.26. The summed E-state index contributed by atoms with van der Waals surface area (Å²) in [4.78, 5) is 12.2. The Hall–Kier alpha value is -1.20. The number of carbonyl (C=O) groups is 1. The number of anilines is 1. The minimum absolute atomic E-state index is 0.355. The van der Waals surface area contributed by atoms with Crippen LogP contribution in [-0.4, -0.2) is 19.3 Å². The van der Waals surface area contributed by atoms with Crippen molar-refractivity contribution in [2.24, 2.45) is 5.84 Å². The number of hydrazine groups is 1. The second-order valence-corrected chi connectivity index (χ2v) is 3.34. The maximum absolute atomic E-state index is 11.4. The summed E-state index contributed by atoms with van der Waals surface area (Å²) in [7, 11) is 1.36. The Balaban J connectivity index is 3.21. The Labute approximate surface area is 86.8 Å². The van der Waals surface area contributed by atoms with Gasteiger partial charge in [-0.1, -0.05) is 6.07 Å². The van der Waals surface area contributed by atoms with Crippen molar-refractivity contribution in [1.29, 1.82) is 0 Å². The van der Waals surface area contributed by atoms with E-state index in [1.165, 1.54) is 18.9 Å². The number of benzene rings is 1. The first kappa shape index (κ1) is 10.9. The largest absolute Gasteiger partial charge is 0.465 e. The Bertz CT molecular complexity index is 342. The maximum atomic E-state index is 11.4. The molecule has 3 N–H and O–H groups in total. The van der Waals surface area contributed by atoms with Crippen LogP contribution < -0.4 is 11.3 Å². The minimum Gasteiger partial charge on any atom is -0.465 e. The number of rotatable bonds is 3. The van der Waals surface area contributed by atoms with E-state index in [-0.39, 0.29) is 5.97 Å². The molecule has 1 rings (SSSR count). The van der Waals surface area contributed by atoms with E-state index in [1.807, 2.05) is 6.26 Å². The van der Waals surface area contributed by atoms with Gasteiger partial charge < -0.3 is 10.2 Å². The van der Waals surface area contributed by atoms with Gasteiger partial charge in [0.25, 0.3) is 0 Å². The van der Waals surface area contributed by atoms with Crippen LogP contribution in [0.3, 0.4) is 0 Å². The van der Waals surface area contributed by atoms with Gasteiger partial charge in [0.1, 0.15) is 0 Å². The summed E-state index contributed by atoms with van der Waals surface area (Å²) >= 11 is 1.45. The number of nitrogen functional groups attached to an aromatic ring is 1. The number of hydrogen-bond acceptors (Lipinski definition) is 5. The van der Waals surface area contributed by atoms with Gasteiger partial charge in [-0.3, -0.25) is 5.84 Å². The molecule has 0 unspecified atom stereocenters. The average molecular weight is 212 g/mol. The minimum atomic E-state index is -0.355. The van der Waals surface area contributed by atoms with Crippen LogP contribution in [0.15, 0.2) is 23.1 Å². The first-order valence-electron chi connectivity index (χ1n) is 3.96. The van der Waals surface area contributed by atoms with Crippen molar-refractivity contribution in [2.75, 3.05) is 18.8 Å².